The highest BCUT2D eigenvalue weighted by molar-refractivity contribution is 7.89. The Balaban J connectivity index is 1.70. The number of anilines is 1. The summed E-state index contributed by atoms with van der Waals surface area (Å²) in [6.07, 6.45) is 0. The molecule has 2 aromatic carbocycles. The Labute approximate surface area is 199 Å². The summed E-state index contributed by atoms with van der Waals surface area (Å²) in [6.45, 7) is 7.29. The Morgan fingerprint density at radius 3 is 2.42 bits per heavy atom. The molecule has 1 aliphatic rings. The average molecular weight is 485 g/mol. The van der Waals surface area contributed by atoms with Gasteiger partial charge in [-0.05, 0) is 44.0 Å². The second kappa shape index (κ2) is 9.29. The number of esters is 1. The third kappa shape index (κ3) is 4.55. The molecule has 0 spiro atoms. The molecule has 6 nitrogen and oxygen atoms in total. The normalized spacial score (nSPS) is 17.2. The van der Waals surface area contributed by atoms with Gasteiger partial charge in [0.15, 0.2) is 0 Å². The number of piperazine rings is 1. The van der Waals surface area contributed by atoms with Crippen molar-refractivity contribution in [2.24, 2.45) is 0 Å². The maximum Gasteiger partial charge on any atom is 0.349 e. The van der Waals surface area contributed by atoms with Crippen LogP contribution in [0, 0.1) is 13.8 Å². The minimum absolute atomic E-state index is 0.0154. The van der Waals surface area contributed by atoms with Gasteiger partial charge in [0, 0.05) is 42.3 Å². The zero-order valence-corrected chi connectivity index (χ0v) is 20.9. The van der Waals surface area contributed by atoms with Crippen LogP contribution in [-0.2, 0) is 14.8 Å². The van der Waals surface area contributed by atoms with Crippen LogP contribution in [-0.4, -0.2) is 51.5 Å². The first kappa shape index (κ1) is 23.5. The summed E-state index contributed by atoms with van der Waals surface area (Å²) in [5.74, 6) is -0.636. The van der Waals surface area contributed by atoms with Crippen molar-refractivity contribution in [1.29, 1.82) is 0 Å². The molecule has 0 saturated carbocycles. The van der Waals surface area contributed by atoms with Gasteiger partial charge in [-0.25, -0.2) is 13.2 Å². The van der Waals surface area contributed by atoms with Crippen molar-refractivity contribution in [3.63, 3.8) is 0 Å². The monoisotopic (exact) mass is 484 g/mol. The van der Waals surface area contributed by atoms with Crippen molar-refractivity contribution in [2.75, 3.05) is 31.6 Å². The molecule has 0 N–H and O–H groups in total. The Bertz CT molecular complexity index is 1270. The van der Waals surface area contributed by atoms with Gasteiger partial charge in [0.05, 0.1) is 7.11 Å². The molecule has 8 heteroatoms. The molecule has 0 amide bonds. The molecule has 0 unspecified atom stereocenters. The summed E-state index contributed by atoms with van der Waals surface area (Å²) in [7, 11) is -2.65. The first-order valence-corrected chi connectivity index (χ1v) is 13.1. The van der Waals surface area contributed by atoms with E-state index in [4.69, 9.17) is 4.74 Å². The molecule has 0 radical (unpaired) electrons. The molecule has 3 aromatic rings. The molecule has 33 heavy (non-hydrogen) atoms. The van der Waals surface area contributed by atoms with E-state index in [9.17, 15) is 13.2 Å². The molecule has 1 atom stereocenters. The molecule has 1 saturated heterocycles. The fourth-order valence-corrected chi connectivity index (χ4v) is 7.42. The number of methoxy groups -OCH3 is 1. The second-order valence-corrected chi connectivity index (χ2v) is 11.2. The van der Waals surface area contributed by atoms with Crippen molar-refractivity contribution in [3.05, 3.63) is 69.9 Å². The SMILES string of the molecule is COC(=O)c1scc(-c2ccc(C)cc2)c1S(=O)(=O)N1CCN(c2cccc(C)c2)[C@H](C)C1. The Morgan fingerprint density at radius 2 is 1.79 bits per heavy atom. The zero-order valence-electron chi connectivity index (χ0n) is 19.2. The van der Waals surface area contributed by atoms with Gasteiger partial charge >= 0.3 is 5.97 Å². The molecular formula is C25H28N2O4S2. The number of aryl methyl sites for hydroxylation is 2. The summed E-state index contributed by atoms with van der Waals surface area (Å²) >= 11 is 1.11. The minimum atomic E-state index is -3.92. The lowest BCUT2D eigenvalue weighted by molar-refractivity contribution is 0.0602. The quantitative estimate of drug-likeness (QED) is 0.491. The lowest BCUT2D eigenvalue weighted by Gasteiger charge is -2.40. The zero-order chi connectivity index (χ0) is 23.8. The van der Waals surface area contributed by atoms with Crippen LogP contribution in [0.15, 0.2) is 58.8 Å². The molecule has 174 valence electrons. The number of carbonyl (C=O) groups excluding carboxylic acids is 1. The van der Waals surface area contributed by atoms with Gasteiger partial charge < -0.3 is 9.64 Å². The van der Waals surface area contributed by atoms with Crippen molar-refractivity contribution in [2.45, 2.75) is 31.7 Å². The lowest BCUT2D eigenvalue weighted by atomic mass is 10.1. The van der Waals surface area contributed by atoms with Crippen LogP contribution in [0.4, 0.5) is 5.69 Å². The van der Waals surface area contributed by atoms with Gasteiger partial charge in [0.2, 0.25) is 10.0 Å². The van der Waals surface area contributed by atoms with Crippen LogP contribution in [0.5, 0.6) is 0 Å². The van der Waals surface area contributed by atoms with E-state index in [1.54, 1.807) is 5.38 Å². The van der Waals surface area contributed by atoms with E-state index in [-0.39, 0.29) is 15.8 Å². The molecule has 1 aliphatic heterocycles. The second-order valence-electron chi connectivity index (χ2n) is 8.41. The van der Waals surface area contributed by atoms with Gasteiger partial charge in [-0.1, -0.05) is 42.0 Å². The molecule has 1 aromatic heterocycles. The van der Waals surface area contributed by atoms with Gasteiger partial charge in [-0.15, -0.1) is 11.3 Å². The van der Waals surface area contributed by atoms with E-state index >= 15 is 0 Å². The Hall–Kier alpha value is -2.68. The van der Waals surface area contributed by atoms with Crippen LogP contribution in [0.3, 0.4) is 0 Å². The van der Waals surface area contributed by atoms with E-state index in [1.165, 1.54) is 17.0 Å². The largest absolute Gasteiger partial charge is 0.465 e. The Morgan fingerprint density at radius 1 is 1.06 bits per heavy atom. The first-order valence-electron chi connectivity index (χ1n) is 10.8. The van der Waals surface area contributed by atoms with Crippen LogP contribution < -0.4 is 4.90 Å². The minimum Gasteiger partial charge on any atom is -0.465 e. The van der Waals surface area contributed by atoms with E-state index in [0.29, 0.717) is 25.2 Å². The summed E-state index contributed by atoms with van der Waals surface area (Å²) in [5, 5.41) is 1.73. The van der Waals surface area contributed by atoms with E-state index in [0.717, 1.165) is 28.2 Å². The highest BCUT2D eigenvalue weighted by Gasteiger charge is 2.37. The molecular weight excluding hydrogens is 456 g/mol. The number of hydrogen-bond donors (Lipinski definition) is 0. The van der Waals surface area contributed by atoms with Crippen molar-refractivity contribution in [3.8, 4) is 11.1 Å². The number of rotatable bonds is 5. The van der Waals surface area contributed by atoms with Crippen molar-refractivity contribution in [1.82, 2.24) is 4.31 Å². The maximum atomic E-state index is 13.9. The van der Waals surface area contributed by atoms with E-state index in [2.05, 4.69) is 17.0 Å². The standard InChI is InChI=1S/C25H28N2O4S2/c1-17-8-10-20(11-9-17)22-16-32-23(25(28)31-4)24(22)33(29,30)26-12-13-27(19(3)15-26)21-7-5-6-18(2)14-21/h5-11,14,16,19H,12-13,15H2,1-4H3/t19-/m1/s1. The van der Waals surface area contributed by atoms with E-state index in [1.807, 2.05) is 57.2 Å². The predicted molar refractivity (Wildman–Crippen MR) is 133 cm³/mol. The third-order valence-electron chi connectivity index (χ3n) is 6.00. The summed E-state index contributed by atoms with van der Waals surface area (Å²) in [6, 6.07) is 15.9. The summed E-state index contributed by atoms with van der Waals surface area (Å²) in [4.78, 5) is 14.9. The van der Waals surface area contributed by atoms with Crippen LogP contribution in [0.1, 0.15) is 27.7 Å². The Kier molecular flexibility index (Phi) is 6.61. The maximum absolute atomic E-state index is 13.9. The van der Waals surface area contributed by atoms with Gasteiger partial charge in [-0.2, -0.15) is 4.31 Å². The van der Waals surface area contributed by atoms with Crippen LogP contribution in [0.25, 0.3) is 11.1 Å². The van der Waals surface area contributed by atoms with Gasteiger partial charge in [0.1, 0.15) is 9.77 Å². The van der Waals surface area contributed by atoms with Crippen LogP contribution in [0.2, 0.25) is 0 Å². The van der Waals surface area contributed by atoms with Gasteiger partial charge in [-0.3, -0.25) is 0 Å². The van der Waals surface area contributed by atoms with E-state index < -0.39 is 16.0 Å². The highest BCUT2D eigenvalue weighted by atomic mass is 32.2. The topological polar surface area (TPSA) is 66.9 Å². The fraction of sp³-hybridized carbons (Fsp3) is 0.320. The predicted octanol–water partition coefficient (Wildman–Crippen LogP) is 4.72. The number of hydrogen-bond acceptors (Lipinski definition) is 6. The number of ether oxygens (including phenoxy) is 1. The number of thiophene rings is 1. The smallest absolute Gasteiger partial charge is 0.349 e. The summed E-state index contributed by atoms with van der Waals surface area (Å²) in [5.41, 5.74) is 4.63. The summed E-state index contributed by atoms with van der Waals surface area (Å²) < 4.78 is 34.2. The van der Waals surface area contributed by atoms with Crippen molar-refractivity contribution < 1.29 is 17.9 Å². The van der Waals surface area contributed by atoms with Crippen molar-refractivity contribution >= 4 is 33.0 Å². The molecule has 4 rings (SSSR count). The fourth-order valence-electron chi connectivity index (χ4n) is 4.23. The average Bonchev–Trinajstić information content (AvgIpc) is 3.25. The molecule has 0 aliphatic carbocycles. The number of carbonyl (C=O) groups is 1. The number of nitrogens with zero attached hydrogens (tertiary/aromatic N) is 2. The molecule has 2 heterocycles. The van der Waals surface area contributed by atoms with Gasteiger partial charge in [0.25, 0.3) is 0 Å². The third-order valence-corrected chi connectivity index (χ3v) is 9.04. The molecule has 0 bridgehead atoms. The van der Waals surface area contributed by atoms with Crippen LogP contribution >= 0.6 is 11.3 Å². The first-order chi connectivity index (χ1) is 15.7. The molecule has 1 fully saturated rings. The number of sulfonamides is 1. The lowest BCUT2D eigenvalue weighted by Crippen LogP contribution is -2.53. The number of benzene rings is 2. The highest BCUT2D eigenvalue weighted by Crippen LogP contribution is 2.38.